The van der Waals surface area contributed by atoms with Gasteiger partial charge in [-0.15, -0.1) is 0 Å². The third kappa shape index (κ3) is 5.04. The van der Waals surface area contributed by atoms with E-state index in [-0.39, 0.29) is 24.5 Å². The average Bonchev–Trinajstić information content (AvgIpc) is 2.25. The van der Waals surface area contributed by atoms with Crippen LogP contribution in [0.1, 0.15) is 21.6 Å². The van der Waals surface area contributed by atoms with E-state index in [1.54, 1.807) is 19.9 Å². The van der Waals surface area contributed by atoms with Gasteiger partial charge in [0.05, 0.1) is 6.61 Å². The molecule has 1 rings (SSSR count). The Balaban J connectivity index is 2.62. The van der Waals surface area contributed by atoms with Crippen LogP contribution in [-0.4, -0.2) is 42.0 Å². The van der Waals surface area contributed by atoms with Crippen LogP contribution in [-0.2, 0) is 4.74 Å². The van der Waals surface area contributed by atoms with Gasteiger partial charge < -0.3 is 15.2 Å². The van der Waals surface area contributed by atoms with E-state index in [2.05, 4.69) is 15.0 Å². The second kappa shape index (κ2) is 6.56. The number of aryl methyl sites for hydroxylation is 2. The number of halogens is 3. The van der Waals surface area contributed by atoms with Crippen molar-refractivity contribution in [2.24, 2.45) is 0 Å². The van der Waals surface area contributed by atoms with Crippen LogP contribution in [0.25, 0.3) is 0 Å². The molecule has 0 aliphatic carbocycles. The van der Waals surface area contributed by atoms with Crippen molar-refractivity contribution in [2.75, 3.05) is 25.1 Å². The Labute approximate surface area is 113 Å². The van der Waals surface area contributed by atoms with Gasteiger partial charge in [0, 0.05) is 12.2 Å². The van der Waals surface area contributed by atoms with Crippen LogP contribution in [0, 0.1) is 13.8 Å². The topological polar surface area (TPSA) is 71.5 Å². The first-order chi connectivity index (χ1) is 9.20. The Morgan fingerprint density at radius 2 is 2.10 bits per heavy atom. The van der Waals surface area contributed by atoms with E-state index in [0.717, 1.165) is 0 Å². The maximum absolute atomic E-state index is 11.8. The van der Waals surface area contributed by atoms with Crippen molar-refractivity contribution in [1.29, 1.82) is 0 Å². The van der Waals surface area contributed by atoms with Gasteiger partial charge in [-0.05, 0) is 25.5 Å². The molecule has 0 aliphatic heterocycles. The Morgan fingerprint density at radius 3 is 2.65 bits per heavy atom. The Bertz CT molecular complexity index is 490. The molecule has 0 fully saturated rings. The minimum absolute atomic E-state index is 0.00595. The number of pyridine rings is 1. The number of nitrogens with one attached hydrogen (secondary N) is 1. The first-order valence-electron chi connectivity index (χ1n) is 5.80. The van der Waals surface area contributed by atoms with Gasteiger partial charge in [-0.3, -0.25) is 0 Å². The lowest BCUT2D eigenvalue weighted by molar-refractivity contribution is -0.172. The first-order valence-corrected chi connectivity index (χ1v) is 5.80. The number of alkyl halides is 3. The van der Waals surface area contributed by atoms with Crippen LogP contribution in [0.3, 0.4) is 0 Å². The zero-order valence-corrected chi connectivity index (χ0v) is 11.0. The summed E-state index contributed by atoms with van der Waals surface area (Å²) in [5.74, 6) is -1.01. The maximum atomic E-state index is 11.8. The summed E-state index contributed by atoms with van der Waals surface area (Å²) in [4.78, 5) is 15.1. The molecule has 1 aromatic heterocycles. The number of nitrogens with zero attached hydrogens (tertiary/aromatic N) is 1. The number of rotatable bonds is 6. The van der Waals surface area contributed by atoms with E-state index in [1.165, 1.54) is 0 Å². The van der Waals surface area contributed by atoms with Crippen LogP contribution < -0.4 is 5.32 Å². The Hall–Kier alpha value is -1.83. The molecule has 0 unspecified atom stereocenters. The molecule has 20 heavy (non-hydrogen) atoms. The summed E-state index contributed by atoms with van der Waals surface area (Å²) >= 11 is 0. The number of anilines is 1. The molecule has 0 amide bonds. The largest absolute Gasteiger partial charge is 0.478 e. The van der Waals surface area contributed by atoms with Crippen LogP contribution in [0.5, 0.6) is 0 Å². The molecule has 5 nitrogen and oxygen atoms in total. The zero-order valence-electron chi connectivity index (χ0n) is 11.0. The van der Waals surface area contributed by atoms with E-state index in [4.69, 9.17) is 5.11 Å². The lowest BCUT2D eigenvalue weighted by atomic mass is 10.1. The van der Waals surface area contributed by atoms with Crippen molar-refractivity contribution in [3.05, 3.63) is 22.9 Å². The molecule has 0 saturated heterocycles. The molecular formula is C12H15F3N2O3. The molecule has 0 saturated carbocycles. The molecule has 0 aromatic carbocycles. The molecule has 112 valence electrons. The van der Waals surface area contributed by atoms with E-state index < -0.39 is 18.8 Å². The summed E-state index contributed by atoms with van der Waals surface area (Å²) < 4.78 is 40.0. The number of carbonyl (C=O) groups is 1. The fraction of sp³-hybridized carbons (Fsp3) is 0.500. The van der Waals surface area contributed by atoms with Gasteiger partial charge in [-0.1, -0.05) is 0 Å². The van der Waals surface area contributed by atoms with Crippen molar-refractivity contribution >= 4 is 11.8 Å². The predicted octanol–water partition coefficient (Wildman–Crippen LogP) is 2.39. The van der Waals surface area contributed by atoms with E-state index in [9.17, 15) is 18.0 Å². The first kappa shape index (κ1) is 16.2. The highest BCUT2D eigenvalue weighted by molar-refractivity contribution is 5.94. The second-order valence-electron chi connectivity index (χ2n) is 4.20. The lowest BCUT2D eigenvalue weighted by Gasteiger charge is -2.12. The van der Waals surface area contributed by atoms with Gasteiger partial charge >= 0.3 is 12.1 Å². The Morgan fingerprint density at radius 1 is 1.45 bits per heavy atom. The van der Waals surface area contributed by atoms with Gasteiger partial charge in [0.25, 0.3) is 0 Å². The van der Waals surface area contributed by atoms with E-state index in [1.807, 2.05) is 0 Å². The van der Waals surface area contributed by atoms with E-state index >= 15 is 0 Å². The molecule has 1 heterocycles. The molecule has 0 spiro atoms. The number of hydrogen-bond donors (Lipinski definition) is 2. The summed E-state index contributed by atoms with van der Waals surface area (Å²) in [6.07, 6.45) is -4.37. The third-order valence-electron chi connectivity index (χ3n) is 2.36. The minimum Gasteiger partial charge on any atom is -0.478 e. The highest BCUT2D eigenvalue weighted by Gasteiger charge is 2.27. The molecule has 0 bridgehead atoms. The molecule has 1 aromatic rings. The fourth-order valence-electron chi connectivity index (χ4n) is 1.66. The van der Waals surface area contributed by atoms with Crippen molar-refractivity contribution in [3.8, 4) is 0 Å². The quantitative estimate of drug-likeness (QED) is 0.788. The summed E-state index contributed by atoms with van der Waals surface area (Å²) in [6.45, 7) is 1.83. The van der Waals surface area contributed by atoms with E-state index in [0.29, 0.717) is 11.3 Å². The SMILES string of the molecule is Cc1cc(C)c(C(=O)O)c(NCCOCC(F)(F)F)n1. The Kier molecular flexibility index (Phi) is 5.32. The highest BCUT2D eigenvalue weighted by Crippen LogP contribution is 2.18. The highest BCUT2D eigenvalue weighted by atomic mass is 19.4. The summed E-state index contributed by atoms with van der Waals surface area (Å²) in [6, 6.07) is 1.62. The van der Waals surface area contributed by atoms with Gasteiger partial charge in [0.1, 0.15) is 18.0 Å². The molecule has 0 radical (unpaired) electrons. The van der Waals surface area contributed by atoms with Gasteiger partial charge in [0.2, 0.25) is 0 Å². The summed E-state index contributed by atoms with van der Waals surface area (Å²) in [5, 5.41) is 11.8. The number of ether oxygens (including phenoxy) is 1. The second-order valence-corrected chi connectivity index (χ2v) is 4.20. The zero-order chi connectivity index (χ0) is 15.3. The average molecular weight is 292 g/mol. The molecule has 2 N–H and O–H groups in total. The van der Waals surface area contributed by atoms with Gasteiger partial charge in [0.15, 0.2) is 0 Å². The smallest absolute Gasteiger partial charge is 0.411 e. The minimum atomic E-state index is -4.37. The van der Waals surface area contributed by atoms with Crippen LogP contribution in [0.4, 0.5) is 19.0 Å². The van der Waals surface area contributed by atoms with Crippen LogP contribution >= 0.6 is 0 Å². The summed E-state index contributed by atoms with van der Waals surface area (Å²) in [7, 11) is 0. The lowest BCUT2D eigenvalue weighted by Crippen LogP contribution is -2.21. The van der Waals surface area contributed by atoms with Crippen molar-refractivity contribution in [2.45, 2.75) is 20.0 Å². The fourth-order valence-corrected chi connectivity index (χ4v) is 1.66. The number of carboxylic acids is 1. The standard InChI is InChI=1S/C12H15F3N2O3/c1-7-5-8(2)17-10(9(7)11(18)19)16-3-4-20-6-12(13,14)15/h5H,3-4,6H2,1-2H3,(H,16,17)(H,18,19). The predicted molar refractivity (Wildman–Crippen MR) is 66.0 cm³/mol. The molecule has 8 heteroatoms. The van der Waals surface area contributed by atoms with Crippen LogP contribution in [0.2, 0.25) is 0 Å². The molecular weight excluding hydrogens is 277 g/mol. The normalized spacial score (nSPS) is 11.4. The monoisotopic (exact) mass is 292 g/mol. The third-order valence-corrected chi connectivity index (χ3v) is 2.36. The van der Waals surface area contributed by atoms with Crippen LogP contribution in [0.15, 0.2) is 6.07 Å². The maximum Gasteiger partial charge on any atom is 0.411 e. The number of hydrogen-bond acceptors (Lipinski definition) is 4. The number of carboxylic acid groups (broad SMARTS) is 1. The summed E-state index contributed by atoms with van der Waals surface area (Å²) in [5.41, 5.74) is 1.15. The van der Waals surface area contributed by atoms with Crippen molar-refractivity contribution < 1.29 is 27.8 Å². The number of aromatic carboxylic acids is 1. The molecule has 0 atom stereocenters. The molecule has 0 aliphatic rings. The van der Waals surface area contributed by atoms with Gasteiger partial charge in [-0.2, -0.15) is 13.2 Å². The van der Waals surface area contributed by atoms with Crippen molar-refractivity contribution in [3.63, 3.8) is 0 Å². The van der Waals surface area contributed by atoms with Gasteiger partial charge in [-0.25, -0.2) is 9.78 Å². The van der Waals surface area contributed by atoms with Crippen molar-refractivity contribution in [1.82, 2.24) is 4.98 Å². The number of aromatic nitrogens is 1.